The number of likely N-dealkylation sites (tertiary alicyclic amines) is 1. The normalized spacial score (nSPS) is 34.4. The van der Waals surface area contributed by atoms with Crippen LogP contribution in [0.2, 0.25) is 0 Å². The van der Waals surface area contributed by atoms with E-state index in [2.05, 4.69) is 36.1 Å². The van der Waals surface area contributed by atoms with Crippen LogP contribution in [0.3, 0.4) is 0 Å². The molecule has 3 aliphatic carbocycles. The highest BCUT2D eigenvalue weighted by Crippen LogP contribution is 2.67. The Bertz CT molecular complexity index is 1150. The number of carbonyl (C=O) groups is 2. The summed E-state index contributed by atoms with van der Waals surface area (Å²) in [6.07, 6.45) is 9.81. The van der Waals surface area contributed by atoms with E-state index in [-0.39, 0.29) is 17.2 Å². The quantitative estimate of drug-likeness (QED) is 0.411. The summed E-state index contributed by atoms with van der Waals surface area (Å²) in [5.41, 5.74) is 3.90. The van der Waals surface area contributed by atoms with Crippen molar-refractivity contribution < 1.29 is 9.59 Å². The number of imidazole rings is 1. The summed E-state index contributed by atoms with van der Waals surface area (Å²) < 4.78 is 0. The first-order chi connectivity index (χ1) is 17.5. The fraction of sp³-hybridized carbons (Fsp3) is 0.633. The molecule has 202 valence electrons. The SMILES string of the molecule is CNC(C)=O.C[C@H]1CCC2C3CC(Cl)=C4N(C)C(=O)CC[C@]4(C)C3CC[C@@]21C.c1ccc2[nH]cnc2c1. The van der Waals surface area contributed by atoms with E-state index in [0.717, 1.165) is 52.4 Å². The molecule has 37 heavy (non-hydrogen) atoms. The first-order valence-electron chi connectivity index (χ1n) is 13.7. The van der Waals surface area contributed by atoms with E-state index in [1.807, 2.05) is 36.2 Å². The maximum Gasteiger partial charge on any atom is 0.226 e. The monoisotopic (exact) mass is 526 g/mol. The molecule has 4 aliphatic rings. The number of nitrogens with one attached hydrogen (secondary N) is 2. The van der Waals surface area contributed by atoms with Crippen molar-refractivity contribution in [2.75, 3.05) is 14.1 Å². The van der Waals surface area contributed by atoms with Gasteiger partial charge in [0.15, 0.2) is 0 Å². The highest BCUT2D eigenvalue weighted by atomic mass is 35.5. The Kier molecular flexibility index (Phi) is 8.08. The molecular formula is C30H43ClN4O2. The minimum atomic E-state index is 0.00463. The van der Waals surface area contributed by atoms with Crippen LogP contribution in [0.5, 0.6) is 0 Å². The van der Waals surface area contributed by atoms with Crippen molar-refractivity contribution in [3.63, 3.8) is 0 Å². The van der Waals surface area contributed by atoms with Gasteiger partial charge in [-0.1, -0.05) is 44.5 Å². The number of benzene rings is 1. The molecule has 1 aromatic heterocycles. The van der Waals surface area contributed by atoms with Crippen LogP contribution in [-0.4, -0.2) is 40.8 Å². The Labute approximate surface area is 226 Å². The predicted molar refractivity (Wildman–Crippen MR) is 150 cm³/mol. The van der Waals surface area contributed by atoms with Crippen molar-refractivity contribution in [1.29, 1.82) is 0 Å². The zero-order valence-electron chi connectivity index (χ0n) is 23.2. The number of aromatic nitrogens is 2. The van der Waals surface area contributed by atoms with Crippen LogP contribution >= 0.6 is 11.6 Å². The average Bonchev–Trinajstić information content (AvgIpc) is 3.47. The average molecular weight is 527 g/mol. The smallest absolute Gasteiger partial charge is 0.226 e. The molecule has 1 aromatic carbocycles. The number of aromatic amines is 1. The number of H-pyrrole nitrogens is 1. The molecule has 1 saturated heterocycles. The molecule has 2 N–H and O–H groups in total. The number of piperidine rings is 1. The third-order valence-corrected chi connectivity index (χ3v) is 10.5. The van der Waals surface area contributed by atoms with Gasteiger partial charge >= 0.3 is 0 Å². The fourth-order valence-electron chi connectivity index (χ4n) is 7.82. The molecule has 2 heterocycles. The summed E-state index contributed by atoms with van der Waals surface area (Å²) in [5.74, 6) is 3.35. The third kappa shape index (κ3) is 5.06. The number of nitrogens with zero attached hydrogens (tertiary/aromatic N) is 2. The molecule has 1 aliphatic heterocycles. The Morgan fingerprint density at radius 1 is 1.16 bits per heavy atom. The molecule has 3 unspecified atom stereocenters. The second kappa shape index (κ2) is 10.8. The molecule has 6 nitrogen and oxygen atoms in total. The van der Waals surface area contributed by atoms with Crippen molar-refractivity contribution in [1.82, 2.24) is 20.2 Å². The molecule has 0 spiro atoms. The van der Waals surface area contributed by atoms with E-state index in [9.17, 15) is 9.59 Å². The predicted octanol–water partition coefficient (Wildman–Crippen LogP) is 6.49. The Balaban J connectivity index is 0.000000187. The maximum absolute atomic E-state index is 12.2. The van der Waals surface area contributed by atoms with E-state index in [0.29, 0.717) is 17.8 Å². The lowest BCUT2D eigenvalue weighted by Crippen LogP contribution is -2.54. The minimum absolute atomic E-state index is 0.00463. The molecule has 2 aromatic rings. The highest BCUT2D eigenvalue weighted by Gasteiger charge is 2.59. The highest BCUT2D eigenvalue weighted by molar-refractivity contribution is 6.30. The molecular weight excluding hydrogens is 484 g/mol. The van der Waals surface area contributed by atoms with Crippen molar-refractivity contribution in [2.24, 2.45) is 34.5 Å². The van der Waals surface area contributed by atoms with Crippen molar-refractivity contribution in [3.05, 3.63) is 41.3 Å². The molecule has 0 bridgehead atoms. The van der Waals surface area contributed by atoms with Crippen LogP contribution in [0.25, 0.3) is 11.0 Å². The van der Waals surface area contributed by atoms with Crippen LogP contribution in [-0.2, 0) is 9.59 Å². The van der Waals surface area contributed by atoms with E-state index in [1.54, 1.807) is 13.4 Å². The number of rotatable bonds is 0. The van der Waals surface area contributed by atoms with Crippen molar-refractivity contribution >= 4 is 34.4 Å². The zero-order chi connectivity index (χ0) is 27.0. The van der Waals surface area contributed by atoms with Gasteiger partial charge in [0.2, 0.25) is 11.8 Å². The lowest BCUT2D eigenvalue weighted by molar-refractivity contribution is -0.135. The largest absolute Gasteiger partial charge is 0.359 e. The van der Waals surface area contributed by atoms with Gasteiger partial charge in [0.05, 0.1) is 17.4 Å². The fourth-order valence-corrected chi connectivity index (χ4v) is 8.34. The number of hydrogen-bond donors (Lipinski definition) is 2. The number of hydrogen-bond acceptors (Lipinski definition) is 3. The third-order valence-electron chi connectivity index (χ3n) is 10.2. The van der Waals surface area contributed by atoms with Crippen LogP contribution in [0, 0.1) is 34.5 Å². The first kappa shape index (κ1) is 27.7. The molecule has 2 amide bonds. The van der Waals surface area contributed by atoms with E-state index < -0.39 is 0 Å². The summed E-state index contributed by atoms with van der Waals surface area (Å²) in [4.78, 5) is 30.9. The van der Waals surface area contributed by atoms with Gasteiger partial charge in [-0.05, 0) is 79.7 Å². The van der Waals surface area contributed by atoms with Crippen LogP contribution in [0.15, 0.2) is 41.3 Å². The van der Waals surface area contributed by atoms with E-state index >= 15 is 0 Å². The number of halogens is 1. The lowest BCUT2D eigenvalue weighted by Gasteiger charge is -2.58. The number of fused-ring (bicyclic) bond motifs is 6. The molecule has 2 saturated carbocycles. The van der Waals surface area contributed by atoms with Crippen molar-refractivity contribution in [3.8, 4) is 0 Å². The first-order valence-corrected chi connectivity index (χ1v) is 14.1. The molecule has 6 atom stereocenters. The molecule has 0 radical (unpaired) electrons. The second-order valence-electron chi connectivity index (χ2n) is 12.0. The zero-order valence-corrected chi connectivity index (χ0v) is 24.0. The summed E-state index contributed by atoms with van der Waals surface area (Å²) in [7, 11) is 3.53. The number of para-hydroxylation sites is 2. The lowest BCUT2D eigenvalue weighted by atomic mass is 9.49. The Morgan fingerprint density at radius 2 is 1.86 bits per heavy atom. The van der Waals surface area contributed by atoms with Gasteiger partial charge in [-0.2, -0.15) is 0 Å². The van der Waals surface area contributed by atoms with Gasteiger partial charge in [0, 0.05) is 43.6 Å². The van der Waals surface area contributed by atoms with E-state index in [1.165, 1.54) is 32.6 Å². The van der Waals surface area contributed by atoms with Crippen molar-refractivity contribution in [2.45, 2.75) is 72.6 Å². The minimum Gasteiger partial charge on any atom is -0.359 e. The van der Waals surface area contributed by atoms with Crippen LogP contribution < -0.4 is 5.32 Å². The van der Waals surface area contributed by atoms with Crippen LogP contribution in [0.1, 0.15) is 72.6 Å². The molecule has 3 fully saturated rings. The maximum atomic E-state index is 12.2. The van der Waals surface area contributed by atoms with Gasteiger partial charge < -0.3 is 15.2 Å². The number of carbonyl (C=O) groups excluding carboxylic acids is 2. The number of allylic oxidation sites excluding steroid dienone is 2. The Hall–Kier alpha value is -2.34. The van der Waals surface area contributed by atoms with Crippen LogP contribution in [0.4, 0.5) is 0 Å². The topological polar surface area (TPSA) is 78.1 Å². The van der Waals surface area contributed by atoms with E-state index in [4.69, 9.17) is 11.6 Å². The van der Waals surface area contributed by atoms with Gasteiger partial charge in [0.1, 0.15) is 0 Å². The standard InChI is InChI=1S/C20H30ClNO.C7H6N2.C3H7NO/c1-12-5-6-14-13-11-16(21)18-20(3,10-8-17(23)22(18)4)15(13)7-9-19(12,14)2;1-2-4-7-6(3-1)8-5-9-7;1-3(5)4-2/h12-15H,5-11H2,1-4H3;1-5H,(H,8,9);1-2H3,(H,4,5)/t12-,13?,14?,15?,19+,20+;;/m0../s1. The Morgan fingerprint density at radius 3 is 2.54 bits per heavy atom. The summed E-state index contributed by atoms with van der Waals surface area (Å²) >= 11 is 6.82. The number of amides is 2. The van der Waals surface area contributed by atoms with Gasteiger partial charge in [-0.15, -0.1) is 0 Å². The second-order valence-corrected chi connectivity index (χ2v) is 12.4. The summed E-state index contributed by atoms with van der Waals surface area (Å²) in [6.45, 7) is 8.86. The van der Waals surface area contributed by atoms with Gasteiger partial charge in [-0.3, -0.25) is 9.59 Å². The molecule has 7 heteroatoms. The summed E-state index contributed by atoms with van der Waals surface area (Å²) in [5, 5.41) is 3.37. The summed E-state index contributed by atoms with van der Waals surface area (Å²) in [6, 6.07) is 7.94. The van der Waals surface area contributed by atoms with Gasteiger partial charge in [0.25, 0.3) is 0 Å². The molecule has 6 rings (SSSR count). The van der Waals surface area contributed by atoms with Gasteiger partial charge in [-0.25, -0.2) is 4.98 Å².